The van der Waals surface area contributed by atoms with Gasteiger partial charge >= 0.3 is 0 Å². The van der Waals surface area contributed by atoms with E-state index in [1.54, 1.807) is 16.8 Å². The molecule has 130 valence electrons. The standard InChI is InChI=1S/C20H17BrN4O/c1-13-19(14(2)25(24-13)18-9-5-16(21)6-10-18)20(26)23-17-7-3-15(4-8-17)11-12-22/h3-10H,11H2,1-2H3,(H,23,26). The van der Waals surface area contributed by atoms with Crippen LogP contribution in [-0.4, -0.2) is 15.7 Å². The number of carbonyl (C=O) groups excluding carboxylic acids is 1. The van der Waals surface area contributed by atoms with Gasteiger partial charge in [0.25, 0.3) is 5.91 Å². The summed E-state index contributed by atoms with van der Waals surface area (Å²) >= 11 is 3.42. The average Bonchev–Trinajstić information content (AvgIpc) is 2.92. The highest BCUT2D eigenvalue weighted by Crippen LogP contribution is 2.21. The van der Waals surface area contributed by atoms with Crippen LogP contribution in [-0.2, 0) is 6.42 Å². The molecule has 1 heterocycles. The number of rotatable bonds is 4. The molecule has 26 heavy (non-hydrogen) atoms. The molecule has 0 aliphatic rings. The minimum atomic E-state index is -0.198. The summed E-state index contributed by atoms with van der Waals surface area (Å²) in [6.07, 6.45) is 0.354. The summed E-state index contributed by atoms with van der Waals surface area (Å²) in [5.41, 5.74) is 4.52. The fourth-order valence-corrected chi connectivity index (χ4v) is 3.06. The van der Waals surface area contributed by atoms with Crippen molar-refractivity contribution in [3.8, 4) is 11.8 Å². The van der Waals surface area contributed by atoms with Crippen molar-refractivity contribution in [1.82, 2.24) is 9.78 Å². The first-order chi connectivity index (χ1) is 12.5. The van der Waals surface area contributed by atoms with Crippen LogP contribution in [0.15, 0.2) is 53.0 Å². The number of halogens is 1. The number of aryl methyl sites for hydroxylation is 1. The first-order valence-electron chi connectivity index (χ1n) is 8.09. The maximum absolute atomic E-state index is 12.7. The average molecular weight is 409 g/mol. The van der Waals surface area contributed by atoms with Crippen molar-refractivity contribution in [3.05, 3.63) is 75.5 Å². The Morgan fingerprint density at radius 3 is 2.42 bits per heavy atom. The van der Waals surface area contributed by atoms with E-state index in [4.69, 9.17) is 5.26 Å². The predicted molar refractivity (Wildman–Crippen MR) is 104 cm³/mol. The smallest absolute Gasteiger partial charge is 0.259 e. The van der Waals surface area contributed by atoms with Crippen molar-refractivity contribution in [2.24, 2.45) is 0 Å². The molecule has 1 amide bonds. The maximum Gasteiger partial charge on any atom is 0.259 e. The molecule has 2 aromatic carbocycles. The summed E-state index contributed by atoms with van der Waals surface area (Å²) in [7, 11) is 0. The highest BCUT2D eigenvalue weighted by atomic mass is 79.9. The van der Waals surface area contributed by atoms with Crippen molar-refractivity contribution >= 4 is 27.5 Å². The Bertz CT molecular complexity index is 982. The minimum Gasteiger partial charge on any atom is -0.322 e. The number of hydrogen-bond acceptors (Lipinski definition) is 3. The van der Waals surface area contributed by atoms with Crippen molar-refractivity contribution in [2.45, 2.75) is 20.3 Å². The minimum absolute atomic E-state index is 0.198. The van der Waals surface area contributed by atoms with Crippen LogP contribution in [0.25, 0.3) is 5.69 Å². The molecule has 0 saturated carbocycles. The normalized spacial score (nSPS) is 10.4. The second-order valence-electron chi connectivity index (χ2n) is 5.92. The van der Waals surface area contributed by atoms with Gasteiger partial charge in [-0.05, 0) is 55.8 Å². The molecule has 5 nitrogen and oxygen atoms in total. The molecule has 0 aliphatic heterocycles. The molecule has 0 saturated heterocycles. The summed E-state index contributed by atoms with van der Waals surface area (Å²) in [4.78, 5) is 12.7. The van der Waals surface area contributed by atoms with Gasteiger partial charge in [-0.1, -0.05) is 28.1 Å². The van der Waals surface area contributed by atoms with Gasteiger partial charge in [0.05, 0.1) is 35.1 Å². The van der Waals surface area contributed by atoms with E-state index >= 15 is 0 Å². The van der Waals surface area contributed by atoms with Crippen LogP contribution in [0.3, 0.4) is 0 Å². The number of anilines is 1. The van der Waals surface area contributed by atoms with E-state index in [1.165, 1.54) is 0 Å². The van der Waals surface area contributed by atoms with Gasteiger partial charge in [0, 0.05) is 10.2 Å². The molecule has 0 fully saturated rings. The number of aromatic nitrogens is 2. The van der Waals surface area contributed by atoms with Crippen LogP contribution in [0.1, 0.15) is 27.3 Å². The number of nitriles is 1. The molecular weight excluding hydrogens is 392 g/mol. The van der Waals surface area contributed by atoms with Crippen molar-refractivity contribution in [2.75, 3.05) is 5.32 Å². The lowest BCUT2D eigenvalue weighted by Gasteiger charge is -2.07. The Balaban J connectivity index is 1.86. The van der Waals surface area contributed by atoms with E-state index in [1.807, 2.05) is 50.2 Å². The molecule has 0 atom stereocenters. The number of nitrogens with zero attached hydrogens (tertiary/aromatic N) is 3. The Labute approximate surface area is 160 Å². The van der Waals surface area contributed by atoms with Gasteiger partial charge in [0.15, 0.2) is 0 Å². The van der Waals surface area contributed by atoms with Crippen LogP contribution in [0.5, 0.6) is 0 Å². The summed E-state index contributed by atoms with van der Waals surface area (Å²) in [6, 6.07) is 17.1. The van der Waals surface area contributed by atoms with Gasteiger partial charge in [-0.3, -0.25) is 4.79 Å². The molecule has 6 heteroatoms. The number of hydrogen-bond donors (Lipinski definition) is 1. The molecular formula is C20H17BrN4O. The second-order valence-corrected chi connectivity index (χ2v) is 6.84. The Hall–Kier alpha value is -2.91. The lowest BCUT2D eigenvalue weighted by atomic mass is 10.1. The van der Waals surface area contributed by atoms with Gasteiger partial charge in [-0.25, -0.2) is 4.68 Å². The highest BCUT2D eigenvalue weighted by molar-refractivity contribution is 9.10. The molecule has 1 N–H and O–H groups in total. The third-order valence-electron chi connectivity index (χ3n) is 4.08. The van der Waals surface area contributed by atoms with E-state index in [-0.39, 0.29) is 5.91 Å². The molecule has 0 aliphatic carbocycles. The topological polar surface area (TPSA) is 70.7 Å². The van der Waals surface area contributed by atoms with Gasteiger partial charge in [0.1, 0.15) is 0 Å². The predicted octanol–water partition coefficient (Wildman–Crippen LogP) is 4.57. The molecule has 0 unspecified atom stereocenters. The second kappa shape index (κ2) is 7.54. The summed E-state index contributed by atoms with van der Waals surface area (Å²) in [5.74, 6) is -0.198. The number of benzene rings is 2. The Kier molecular flexibility index (Phi) is 5.19. The molecule has 0 spiro atoms. The Morgan fingerprint density at radius 2 is 1.81 bits per heavy atom. The fourth-order valence-electron chi connectivity index (χ4n) is 2.80. The first-order valence-corrected chi connectivity index (χ1v) is 8.88. The van der Waals surface area contributed by atoms with E-state index in [2.05, 4.69) is 32.4 Å². The molecule has 1 aromatic heterocycles. The van der Waals surface area contributed by atoms with Crippen molar-refractivity contribution in [1.29, 1.82) is 5.26 Å². The summed E-state index contributed by atoms with van der Waals surface area (Å²) in [5, 5.41) is 16.1. The maximum atomic E-state index is 12.7. The lowest BCUT2D eigenvalue weighted by Crippen LogP contribution is -2.14. The summed E-state index contributed by atoms with van der Waals surface area (Å²) in [6.45, 7) is 3.71. The number of nitrogens with one attached hydrogen (secondary N) is 1. The number of carbonyl (C=O) groups is 1. The van der Waals surface area contributed by atoms with Crippen LogP contribution in [0, 0.1) is 25.2 Å². The SMILES string of the molecule is Cc1nn(-c2ccc(Br)cc2)c(C)c1C(=O)Nc1ccc(CC#N)cc1. The van der Waals surface area contributed by atoms with Gasteiger partial charge in [0.2, 0.25) is 0 Å². The lowest BCUT2D eigenvalue weighted by molar-refractivity contribution is 0.102. The van der Waals surface area contributed by atoms with Crippen molar-refractivity contribution < 1.29 is 4.79 Å². The molecule has 0 bridgehead atoms. The molecule has 3 aromatic rings. The first kappa shape index (κ1) is 17.9. The third-order valence-corrected chi connectivity index (χ3v) is 4.61. The summed E-state index contributed by atoms with van der Waals surface area (Å²) < 4.78 is 2.76. The quantitative estimate of drug-likeness (QED) is 0.686. The third kappa shape index (κ3) is 3.68. The Morgan fingerprint density at radius 1 is 1.15 bits per heavy atom. The highest BCUT2D eigenvalue weighted by Gasteiger charge is 2.19. The van der Waals surface area contributed by atoms with Crippen LogP contribution in [0.2, 0.25) is 0 Å². The van der Waals surface area contributed by atoms with E-state index in [0.717, 1.165) is 21.4 Å². The van der Waals surface area contributed by atoms with Crippen LogP contribution >= 0.6 is 15.9 Å². The van der Waals surface area contributed by atoms with Crippen molar-refractivity contribution in [3.63, 3.8) is 0 Å². The van der Waals surface area contributed by atoms with Crippen LogP contribution < -0.4 is 5.32 Å². The molecule has 0 radical (unpaired) electrons. The van der Waals surface area contributed by atoms with Gasteiger partial charge in [-0.15, -0.1) is 0 Å². The number of amides is 1. The fraction of sp³-hybridized carbons (Fsp3) is 0.150. The zero-order valence-corrected chi connectivity index (χ0v) is 16.0. The largest absolute Gasteiger partial charge is 0.322 e. The monoisotopic (exact) mass is 408 g/mol. The molecule has 3 rings (SSSR count). The van der Waals surface area contributed by atoms with E-state index in [0.29, 0.717) is 23.4 Å². The van der Waals surface area contributed by atoms with Gasteiger partial charge in [-0.2, -0.15) is 10.4 Å². The van der Waals surface area contributed by atoms with Gasteiger partial charge < -0.3 is 5.32 Å². The van der Waals surface area contributed by atoms with E-state index in [9.17, 15) is 4.79 Å². The zero-order valence-electron chi connectivity index (χ0n) is 14.5. The van der Waals surface area contributed by atoms with E-state index < -0.39 is 0 Å². The zero-order chi connectivity index (χ0) is 18.7. The van der Waals surface area contributed by atoms with Crippen LogP contribution in [0.4, 0.5) is 5.69 Å².